The van der Waals surface area contributed by atoms with Crippen LogP contribution in [0.25, 0.3) is 16.4 Å². The molecular formula is C29H34N6O2. The average Bonchev–Trinajstić information content (AvgIpc) is 3.31. The summed E-state index contributed by atoms with van der Waals surface area (Å²) < 4.78 is 9.41. The van der Waals surface area contributed by atoms with Crippen LogP contribution in [0.5, 0.6) is 0 Å². The number of hydrogen-bond acceptors (Lipinski definition) is 6. The third kappa shape index (κ3) is 4.32. The van der Waals surface area contributed by atoms with E-state index in [0.29, 0.717) is 17.3 Å². The Morgan fingerprint density at radius 3 is 2.59 bits per heavy atom. The maximum absolute atomic E-state index is 13.4. The van der Waals surface area contributed by atoms with E-state index in [1.54, 1.807) is 10.8 Å². The van der Waals surface area contributed by atoms with Crippen molar-refractivity contribution in [1.29, 1.82) is 0 Å². The first-order chi connectivity index (χ1) is 18.2. The second kappa shape index (κ2) is 9.26. The van der Waals surface area contributed by atoms with Crippen molar-refractivity contribution < 1.29 is 4.74 Å². The average molecular weight is 499 g/mol. The van der Waals surface area contributed by atoms with Gasteiger partial charge in [0, 0.05) is 68.4 Å². The van der Waals surface area contributed by atoms with E-state index >= 15 is 0 Å². The molecule has 192 valence electrons. The number of hydrogen-bond donors (Lipinski definition) is 0. The van der Waals surface area contributed by atoms with Crippen molar-refractivity contribution in [3.63, 3.8) is 0 Å². The molecule has 0 saturated carbocycles. The fourth-order valence-electron chi connectivity index (χ4n) is 6.43. The minimum atomic E-state index is -0.0176. The van der Waals surface area contributed by atoms with Gasteiger partial charge in [0.15, 0.2) is 0 Å². The van der Waals surface area contributed by atoms with Crippen LogP contribution in [0.1, 0.15) is 43.4 Å². The molecule has 7 rings (SSSR count). The lowest BCUT2D eigenvalue weighted by Crippen LogP contribution is -2.58. The summed E-state index contributed by atoms with van der Waals surface area (Å²) >= 11 is 0. The van der Waals surface area contributed by atoms with Gasteiger partial charge in [-0.05, 0) is 56.5 Å². The molecule has 0 amide bonds. The lowest BCUT2D eigenvalue weighted by atomic mass is 9.73. The Kier molecular flexibility index (Phi) is 5.74. The van der Waals surface area contributed by atoms with Gasteiger partial charge in [-0.15, -0.1) is 0 Å². The second-order valence-electron chi connectivity index (χ2n) is 11.2. The Morgan fingerprint density at radius 1 is 0.919 bits per heavy atom. The summed E-state index contributed by atoms with van der Waals surface area (Å²) in [6.45, 7) is 7.53. The van der Waals surface area contributed by atoms with Gasteiger partial charge in [0.05, 0.1) is 29.5 Å². The van der Waals surface area contributed by atoms with E-state index in [1.807, 2.05) is 18.6 Å². The predicted octanol–water partition coefficient (Wildman–Crippen LogP) is 3.70. The molecule has 0 bridgehead atoms. The lowest BCUT2D eigenvalue weighted by molar-refractivity contribution is -0.000118. The van der Waals surface area contributed by atoms with Crippen LogP contribution >= 0.6 is 0 Å². The fourth-order valence-corrected chi connectivity index (χ4v) is 6.43. The molecule has 3 saturated heterocycles. The summed E-state index contributed by atoms with van der Waals surface area (Å²) in [7, 11) is 0. The van der Waals surface area contributed by atoms with Gasteiger partial charge >= 0.3 is 0 Å². The number of nitrogens with zero attached hydrogens (tertiary/aromatic N) is 6. The number of likely N-dealkylation sites (tertiary alicyclic amines) is 1. The molecule has 8 nitrogen and oxygen atoms in total. The van der Waals surface area contributed by atoms with E-state index in [1.165, 1.54) is 37.9 Å². The van der Waals surface area contributed by atoms with Gasteiger partial charge in [-0.25, -0.2) is 4.98 Å². The zero-order valence-corrected chi connectivity index (χ0v) is 21.3. The number of pyridine rings is 3. The van der Waals surface area contributed by atoms with Crippen molar-refractivity contribution in [2.45, 2.75) is 45.2 Å². The van der Waals surface area contributed by atoms with Gasteiger partial charge in [0.1, 0.15) is 5.65 Å². The van der Waals surface area contributed by atoms with Crippen LogP contribution in [0.3, 0.4) is 0 Å². The number of imidazole rings is 1. The van der Waals surface area contributed by atoms with E-state index in [0.717, 1.165) is 68.1 Å². The molecule has 1 spiro atoms. The number of anilines is 1. The van der Waals surface area contributed by atoms with Crippen LogP contribution in [0.4, 0.5) is 5.69 Å². The molecule has 0 radical (unpaired) electrons. The number of aromatic nitrogens is 4. The van der Waals surface area contributed by atoms with E-state index in [2.05, 4.69) is 43.6 Å². The van der Waals surface area contributed by atoms with Crippen LogP contribution in [-0.2, 0) is 17.8 Å². The minimum absolute atomic E-state index is 0.0176. The topological polar surface area (TPSA) is 67.9 Å². The van der Waals surface area contributed by atoms with Crippen molar-refractivity contribution in [2.24, 2.45) is 5.41 Å². The van der Waals surface area contributed by atoms with Crippen molar-refractivity contribution in [3.8, 4) is 0 Å². The maximum Gasteiger partial charge on any atom is 0.260 e. The molecule has 0 atom stereocenters. The molecule has 0 N–H and O–H groups in total. The smallest absolute Gasteiger partial charge is 0.260 e. The quantitative estimate of drug-likeness (QED) is 0.418. The summed E-state index contributed by atoms with van der Waals surface area (Å²) in [6.07, 6.45) is 15.9. The number of piperidine rings is 1. The summed E-state index contributed by atoms with van der Waals surface area (Å²) in [5, 5.41) is 1.65. The van der Waals surface area contributed by atoms with Crippen LogP contribution in [-0.4, -0.2) is 63.2 Å². The third-order valence-corrected chi connectivity index (χ3v) is 8.58. The normalized spacial score (nSPS) is 20.1. The van der Waals surface area contributed by atoms with Crippen LogP contribution in [0.15, 0.2) is 54.0 Å². The van der Waals surface area contributed by atoms with Crippen molar-refractivity contribution in [1.82, 2.24) is 23.8 Å². The summed E-state index contributed by atoms with van der Waals surface area (Å²) in [6, 6.07) is 6.33. The SMILES string of the molecule is O=c1c2cncc(N3CC4(CCOCC4)C3)c2ccn1Cc1cn2cc(CN3CCCCC3)ccc2n1. The standard InChI is InChI=1S/C29H34N6O2/c36-28-25-14-30-15-26(35-20-29(21-35)7-12-37-13-8-29)24(25)6-11-33(28)18-23-19-34-17-22(4-5-27(34)31-23)16-32-9-2-1-3-10-32/h4-6,11,14-15,17,19H,1-3,7-10,12-13,16,18,20-21H2. The second-order valence-corrected chi connectivity index (χ2v) is 11.2. The Hall–Kier alpha value is -3.23. The molecule has 7 heterocycles. The number of ether oxygens (including phenoxy) is 1. The Bertz CT molecular complexity index is 1490. The maximum atomic E-state index is 13.4. The molecule has 4 aromatic heterocycles. The first-order valence-electron chi connectivity index (χ1n) is 13.6. The first-order valence-corrected chi connectivity index (χ1v) is 13.6. The number of rotatable bonds is 5. The molecule has 0 aliphatic carbocycles. The van der Waals surface area contributed by atoms with Crippen LogP contribution in [0, 0.1) is 5.41 Å². The molecule has 37 heavy (non-hydrogen) atoms. The Balaban J connectivity index is 1.11. The minimum Gasteiger partial charge on any atom is -0.381 e. The highest BCUT2D eigenvalue weighted by molar-refractivity contribution is 5.93. The zero-order chi connectivity index (χ0) is 24.8. The molecule has 4 aromatic rings. The Labute approximate surface area is 216 Å². The van der Waals surface area contributed by atoms with Gasteiger partial charge in [0.2, 0.25) is 0 Å². The summed E-state index contributed by atoms with van der Waals surface area (Å²) in [5.41, 5.74) is 4.50. The molecule has 3 fully saturated rings. The predicted molar refractivity (Wildman–Crippen MR) is 144 cm³/mol. The summed E-state index contributed by atoms with van der Waals surface area (Å²) in [4.78, 5) is 27.6. The molecule has 3 aliphatic heterocycles. The van der Waals surface area contributed by atoms with Gasteiger partial charge in [-0.1, -0.05) is 12.5 Å². The van der Waals surface area contributed by atoms with E-state index in [9.17, 15) is 4.79 Å². The third-order valence-electron chi connectivity index (χ3n) is 8.58. The van der Waals surface area contributed by atoms with E-state index in [4.69, 9.17) is 9.72 Å². The zero-order valence-electron chi connectivity index (χ0n) is 21.3. The molecule has 0 unspecified atom stereocenters. The molecule has 3 aliphatic rings. The van der Waals surface area contributed by atoms with Crippen molar-refractivity contribution in [3.05, 3.63) is 70.8 Å². The fraction of sp³-hybridized carbons (Fsp3) is 0.483. The highest BCUT2D eigenvalue weighted by Gasteiger charge is 2.44. The van der Waals surface area contributed by atoms with Gasteiger partial charge < -0.3 is 18.6 Å². The molecular weight excluding hydrogens is 464 g/mol. The molecule has 0 aromatic carbocycles. The Morgan fingerprint density at radius 2 is 1.76 bits per heavy atom. The van der Waals surface area contributed by atoms with Gasteiger partial charge in [-0.2, -0.15) is 0 Å². The van der Waals surface area contributed by atoms with Crippen molar-refractivity contribution in [2.75, 3.05) is 44.3 Å². The highest BCUT2D eigenvalue weighted by atomic mass is 16.5. The van der Waals surface area contributed by atoms with Crippen molar-refractivity contribution >= 4 is 22.1 Å². The van der Waals surface area contributed by atoms with Gasteiger partial charge in [-0.3, -0.25) is 14.7 Å². The highest BCUT2D eigenvalue weighted by Crippen LogP contribution is 2.43. The lowest BCUT2D eigenvalue weighted by Gasteiger charge is -2.53. The van der Waals surface area contributed by atoms with E-state index < -0.39 is 0 Å². The van der Waals surface area contributed by atoms with Crippen LogP contribution in [0.2, 0.25) is 0 Å². The number of fused-ring (bicyclic) bond motifs is 2. The van der Waals surface area contributed by atoms with Crippen LogP contribution < -0.4 is 10.5 Å². The summed E-state index contributed by atoms with van der Waals surface area (Å²) in [5.74, 6) is 0. The molecule has 8 heteroatoms. The monoisotopic (exact) mass is 498 g/mol. The largest absolute Gasteiger partial charge is 0.381 e. The van der Waals surface area contributed by atoms with Gasteiger partial charge in [0.25, 0.3) is 5.56 Å². The van der Waals surface area contributed by atoms with E-state index in [-0.39, 0.29) is 5.56 Å². The first kappa shape index (κ1) is 22.9.